The van der Waals surface area contributed by atoms with Crippen molar-refractivity contribution >= 4 is 21.6 Å². The molecule has 32 heavy (non-hydrogen) atoms. The molecular weight excluding hydrogens is 429 g/mol. The molecule has 0 aliphatic carbocycles. The Morgan fingerprint density at radius 2 is 1.69 bits per heavy atom. The first-order valence-electron chi connectivity index (χ1n) is 11.1. The maximum atomic E-state index is 14.1. The molecule has 1 saturated heterocycles. The summed E-state index contributed by atoms with van der Waals surface area (Å²) in [4.78, 5) is 14.8. The number of piperidine rings is 1. The van der Waals surface area contributed by atoms with Gasteiger partial charge in [-0.3, -0.25) is 14.0 Å². The number of carbonyl (C=O) groups is 1. The highest BCUT2D eigenvalue weighted by Gasteiger charge is 2.20. The molecule has 1 aliphatic rings. The summed E-state index contributed by atoms with van der Waals surface area (Å²) in [6.07, 6.45) is 5.25. The fraction of sp³-hybridized carbons (Fsp3) is 0.458. The molecule has 0 saturated carbocycles. The van der Waals surface area contributed by atoms with Crippen LogP contribution in [0.25, 0.3) is 0 Å². The molecule has 0 aromatic heterocycles. The van der Waals surface area contributed by atoms with E-state index in [1.165, 1.54) is 43.0 Å². The number of para-hydroxylation sites is 1. The standard InChI is InChI=1S/C24H32FN3O3S/c1-32(30,31)28(23-13-6-5-12-22(23)25)17-9-14-24(29)26-18-20-10-3-4-11-21(20)19-27-15-7-2-8-16-27/h3-6,10-13H,2,7-9,14-19H2,1H3,(H,26,29). The number of carbonyl (C=O) groups excluding carboxylic acids is 1. The van der Waals surface area contributed by atoms with Gasteiger partial charge in [0.15, 0.2) is 0 Å². The fourth-order valence-electron chi connectivity index (χ4n) is 4.03. The molecule has 1 fully saturated rings. The van der Waals surface area contributed by atoms with E-state index in [0.29, 0.717) is 13.0 Å². The predicted octanol–water partition coefficient (Wildman–Crippen LogP) is 3.67. The minimum atomic E-state index is -3.66. The van der Waals surface area contributed by atoms with Crippen LogP contribution in [-0.2, 0) is 27.9 Å². The SMILES string of the molecule is CS(=O)(=O)N(CCCC(=O)NCc1ccccc1CN1CCCCC1)c1ccccc1F. The Hall–Kier alpha value is -2.45. The summed E-state index contributed by atoms with van der Waals surface area (Å²) in [5.74, 6) is -0.757. The van der Waals surface area contributed by atoms with Crippen LogP contribution in [-0.4, -0.2) is 45.1 Å². The quantitative estimate of drug-likeness (QED) is 0.586. The second-order valence-corrected chi connectivity index (χ2v) is 10.2. The predicted molar refractivity (Wildman–Crippen MR) is 125 cm³/mol. The fourth-order valence-corrected chi connectivity index (χ4v) is 4.99. The molecule has 1 N–H and O–H groups in total. The van der Waals surface area contributed by atoms with Crippen LogP contribution in [0.15, 0.2) is 48.5 Å². The highest BCUT2D eigenvalue weighted by molar-refractivity contribution is 7.92. The van der Waals surface area contributed by atoms with Crippen molar-refractivity contribution < 1.29 is 17.6 Å². The molecule has 0 spiro atoms. The van der Waals surface area contributed by atoms with Gasteiger partial charge in [-0.25, -0.2) is 12.8 Å². The Kier molecular flexibility index (Phi) is 8.64. The van der Waals surface area contributed by atoms with Crippen molar-refractivity contribution in [3.63, 3.8) is 0 Å². The van der Waals surface area contributed by atoms with Crippen LogP contribution in [0, 0.1) is 5.82 Å². The molecule has 2 aromatic rings. The number of anilines is 1. The third-order valence-corrected chi connectivity index (χ3v) is 6.90. The highest BCUT2D eigenvalue weighted by Crippen LogP contribution is 2.22. The van der Waals surface area contributed by atoms with Crippen LogP contribution in [0.3, 0.4) is 0 Å². The largest absolute Gasteiger partial charge is 0.352 e. The number of rotatable bonds is 10. The van der Waals surface area contributed by atoms with Crippen LogP contribution < -0.4 is 9.62 Å². The number of nitrogens with one attached hydrogen (secondary N) is 1. The van der Waals surface area contributed by atoms with Crippen LogP contribution in [0.4, 0.5) is 10.1 Å². The van der Waals surface area contributed by atoms with Crippen LogP contribution in [0.2, 0.25) is 0 Å². The Bertz CT molecular complexity index is 1010. The van der Waals surface area contributed by atoms with E-state index in [-0.39, 0.29) is 24.6 Å². The van der Waals surface area contributed by atoms with E-state index in [9.17, 15) is 17.6 Å². The van der Waals surface area contributed by atoms with Gasteiger partial charge < -0.3 is 5.32 Å². The highest BCUT2D eigenvalue weighted by atomic mass is 32.2. The lowest BCUT2D eigenvalue weighted by molar-refractivity contribution is -0.121. The first-order valence-corrected chi connectivity index (χ1v) is 13.0. The average molecular weight is 462 g/mol. The second kappa shape index (κ2) is 11.4. The maximum Gasteiger partial charge on any atom is 0.232 e. The van der Waals surface area contributed by atoms with E-state index < -0.39 is 15.8 Å². The van der Waals surface area contributed by atoms with Gasteiger partial charge in [0.2, 0.25) is 15.9 Å². The molecule has 1 aliphatic heterocycles. The van der Waals surface area contributed by atoms with E-state index in [1.807, 2.05) is 18.2 Å². The van der Waals surface area contributed by atoms with Gasteiger partial charge in [-0.1, -0.05) is 42.8 Å². The van der Waals surface area contributed by atoms with Crippen molar-refractivity contribution in [3.05, 3.63) is 65.5 Å². The molecular formula is C24H32FN3O3S. The van der Waals surface area contributed by atoms with Crippen molar-refractivity contribution in [1.29, 1.82) is 0 Å². The van der Waals surface area contributed by atoms with Crippen LogP contribution >= 0.6 is 0 Å². The van der Waals surface area contributed by atoms with Crippen molar-refractivity contribution in [1.82, 2.24) is 10.2 Å². The molecule has 3 rings (SSSR count). The third kappa shape index (κ3) is 7.03. The summed E-state index contributed by atoms with van der Waals surface area (Å²) in [6.45, 7) is 3.59. The van der Waals surface area contributed by atoms with Crippen LogP contribution in [0.1, 0.15) is 43.2 Å². The lowest BCUT2D eigenvalue weighted by Crippen LogP contribution is -2.33. The molecule has 0 unspecified atom stereocenters. The summed E-state index contributed by atoms with van der Waals surface area (Å²) in [5.41, 5.74) is 2.31. The molecule has 0 bridgehead atoms. The Balaban J connectivity index is 1.51. The number of halogens is 1. The van der Waals surface area contributed by atoms with Crippen molar-refractivity contribution in [3.8, 4) is 0 Å². The zero-order chi connectivity index (χ0) is 23.0. The number of hydrogen-bond acceptors (Lipinski definition) is 4. The van der Waals surface area contributed by atoms with E-state index >= 15 is 0 Å². The smallest absolute Gasteiger partial charge is 0.232 e. The third-order valence-electron chi connectivity index (χ3n) is 5.72. The van der Waals surface area contributed by atoms with Gasteiger partial charge >= 0.3 is 0 Å². The van der Waals surface area contributed by atoms with Crippen molar-refractivity contribution in [2.45, 2.75) is 45.2 Å². The number of nitrogens with zero attached hydrogens (tertiary/aromatic N) is 2. The summed E-state index contributed by atoms with van der Waals surface area (Å²) in [5, 5.41) is 2.94. The summed E-state index contributed by atoms with van der Waals surface area (Å²) < 4.78 is 39.4. The molecule has 6 nitrogen and oxygen atoms in total. The molecule has 0 radical (unpaired) electrons. The molecule has 1 amide bonds. The van der Waals surface area contributed by atoms with Crippen molar-refractivity contribution in [2.75, 3.05) is 30.2 Å². The number of amides is 1. The maximum absolute atomic E-state index is 14.1. The molecule has 2 aromatic carbocycles. The average Bonchev–Trinajstić information content (AvgIpc) is 2.77. The van der Waals surface area contributed by atoms with Gasteiger partial charge in [0, 0.05) is 26.1 Å². The minimum absolute atomic E-state index is 0.00190. The molecule has 8 heteroatoms. The number of hydrogen-bond donors (Lipinski definition) is 1. The summed E-state index contributed by atoms with van der Waals surface area (Å²) in [6, 6.07) is 13.9. The van der Waals surface area contributed by atoms with Crippen LogP contribution in [0.5, 0.6) is 0 Å². The summed E-state index contributed by atoms with van der Waals surface area (Å²) in [7, 11) is -3.66. The zero-order valence-electron chi connectivity index (χ0n) is 18.6. The first kappa shape index (κ1) is 24.2. The normalized spacial score (nSPS) is 14.8. The first-order chi connectivity index (χ1) is 15.3. The number of benzene rings is 2. The monoisotopic (exact) mass is 461 g/mol. The van der Waals surface area contributed by atoms with E-state index in [2.05, 4.69) is 16.3 Å². The Morgan fingerprint density at radius 3 is 2.38 bits per heavy atom. The number of sulfonamides is 1. The molecule has 1 heterocycles. The van der Waals surface area contributed by atoms with Gasteiger partial charge in [-0.2, -0.15) is 0 Å². The Morgan fingerprint density at radius 1 is 1.03 bits per heavy atom. The second-order valence-electron chi connectivity index (χ2n) is 8.27. The lowest BCUT2D eigenvalue weighted by atomic mass is 10.0. The van der Waals surface area contributed by atoms with Gasteiger partial charge in [0.25, 0.3) is 0 Å². The molecule has 0 atom stereocenters. The topological polar surface area (TPSA) is 69.7 Å². The van der Waals surface area contributed by atoms with Gasteiger partial charge in [0.05, 0.1) is 11.9 Å². The van der Waals surface area contributed by atoms with Gasteiger partial charge in [-0.15, -0.1) is 0 Å². The minimum Gasteiger partial charge on any atom is -0.352 e. The van der Waals surface area contributed by atoms with Gasteiger partial charge in [0.1, 0.15) is 5.82 Å². The van der Waals surface area contributed by atoms with E-state index in [0.717, 1.165) is 35.8 Å². The van der Waals surface area contributed by atoms with Gasteiger partial charge in [-0.05, 0) is 55.6 Å². The van der Waals surface area contributed by atoms with E-state index in [4.69, 9.17) is 0 Å². The van der Waals surface area contributed by atoms with Crippen molar-refractivity contribution in [2.24, 2.45) is 0 Å². The van der Waals surface area contributed by atoms with E-state index in [1.54, 1.807) is 6.07 Å². The summed E-state index contributed by atoms with van der Waals surface area (Å²) >= 11 is 0. The lowest BCUT2D eigenvalue weighted by Gasteiger charge is -2.27. The Labute approximate surface area is 190 Å². The molecule has 174 valence electrons. The zero-order valence-corrected chi connectivity index (χ0v) is 19.4. The number of likely N-dealkylation sites (tertiary alicyclic amines) is 1.